The summed E-state index contributed by atoms with van der Waals surface area (Å²) in [4.78, 5) is 15.5. The van der Waals surface area contributed by atoms with E-state index in [2.05, 4.69) is 4.98 Å². The van der Waals surface area contributed by atoms with Crippen LogP contribution >= 0.6 is 11.6 Å². The molecule has 5 nitrogen and oxygen atoms in total. The summed E-state index contributed by atoms with van der Waals surface area (Å²) in [6.07, 6.45) is 0. The molecule has 0 radical (unpaired) electrons. The highest BCUT2D eigenvalue weighted by atomic mass is 35.5. The molecule has 1 aromatic rings. The Morgan fingerprint density at radius 2 is 2.19 bits per heavy atom. The summed E-state index contributed by atoms with van der Waals surface area (Å²) in [5.74, 6) is 0.591. The van der Waals surface area contributed by atoms with Crippen molar-refractivity contribution in [3.63, 3.8) is 0 Å². The van der Waals surface area contributed by atoms with E-state index >= 15 is 0 Å². The molecule has 0 aliphatic rings. The van der Waals surface area contributed by atoms with E-state index in [1.165, 1.54) is 10.6 Å². The van der Waals surface area contributed by atoms with Gasteiger partial charge in [0.1, 0.15) is 11.0 Å². The fraction of sp³-hybridized carbons (Fsp3) is 0.600. The average Bonchev–Trinajstić information content (AvgIpc) is 2.20. The molecule has 1 rings (SSSR count). The molecule has 0 aliphatic carbocycles. The van der Waals surface area contributed by atoms with Gasteiger partial charge >= 0.3 is 0 Å². The van der Waals surface area contributed by atoms with Crippen molar-refractivity contribution in [2.45, 2.75) is 13.5 Å². The van der Waals surface area contributed by atoms with E-state index in [1.54, 1.807) is 14.0 Å². The minimum absolute atomic E-state index is 0.159. The van der Waals surface area contributed by atoms with E-state index in [0.29, 0.717) is 32.2 Å². The molecule has 1 heterocycles. The van der Waals surface area contributed by atoms with Gasteiger partial charge in [-0.2, -0.15) is 0 Å². The summed E-state index contributed by atoms with van der Waals surface area (Å²) >= 11 is 5.65. The van der Waals surface area contributed by atoms with Crippen LogP contribution in [0.1, 0.15) is 5.82 Å². The standard InChI is InChI=1S/C10H15ClN2O3/c1-8-12-9(11)7-10(14)13(8)3-4-16-6-5-15-2/h7H,3-6H2,1-2H3. The van der Waals surface area contributed by atoms with Crippen molar-refractivity contribution in [2.24, 2.45) is 0 Å². The number of ether oxygens (including phenoxy) is 2. The second-order valence-electron chi connectivity index (χ2n) is 3.22. The number of rotatable bonds is 6. The minimum atomic E-state index is -0.159. The third-order valence-corrected chi connectivity index (χ3v) is 2.25. The molecule has 0 fully saturated rings. The zero-order chi connectivity index (χ0) is 12.0. The van der Waals surface area contributed by atoms with Crippen LogP contribution in [0.4, 0.5) is 0 Å². The first-order chi connectivity index (χ1) is 7.65. The third-order valence-electron chi connectivity index (χ3n) is 2.06. The molecule has 1 aromatic heterocycles. The molecular formula is C10H15ClN2O3. The van der Waals surface area contributed by atoms with Gasteiger partial charge in [-0.1, -0.05) is 11.6 Å². The van der Waals surface area contributed by atoms with Crippen LogP contribution in [0, 0.1) is 6.92 Å². The van der Waals surface area contributed by atoms with Gasteiger partial charge in [0.25, 0.3) is 5.56 Å². The lowest BCUT2D eigenvalue weighted by Crippen LogP contribution is -2.25. The lowest BCUT2D eigenvalue weighted by atomic mass is 10.5. The highest BCUT2D eigenvalue weighted by Crippen LogP contribution is 2.00. The SMILES string of the molecule is COCCOCCn1c(C)nc(Cl)cc1=O. The summed E-state index contributed by atoms with van der Waals surface area (Å²) in [7, 11) is 1.61. The van der Waals surface area contributed by atoms with E-state index < -0.39 is 0 Å². The van der Waals surface area contributed by atoms with Crippen molar-refractivity contribution < 1.29 is 9.47 Å². The Morgan fingerprint density at radius 1 is 1.44 bits per heavy atom. The first kappa shape index (κ1) is 13.2. The van der Waals surface area contributed by atoms with E-state index in [0.717, 1.165) is 0 Å². The van der Waals surface area contributed by atoms with Gasteiger partial charge < -0.3 is 9.47 Å². The van der Waals surface area contributed by atoms with Crippen molar-refractivity contribution in [3.05, 3.63) is 27.4 Å². The molecule has 0 aromatic carbocycles. The fourth-order valence-electron chi connectivity index (χ4n) is 1.26. The lowest BCUT2D eigenvalue weighted by Gasteiger charge is -2.09. The Morgan fingerprint density at radius 3 is 2.81 bits per heavy atom. The molecule has 0 N–H and O–H groups in total. The monoisotopic (exact) mass is 246 g/mol. The van der Waals surface area contributed by atoms with Gasteiger partial charge in [0.2, 0.25) is 0 Å². The smallest absolute Gasteiger partial charge is 0.255 e. The maximum absolute atomic E-state index is 11.5. The predicted octanol–water partition coefficient (Wildman–Crippen LogP) is 0.868. The molecule has 0 saturated heterocycles. The van der Waals surface area contributed by atoms with Crippen molar-refractivity contribution in [1.29, 1.82) is 0 Å². The number of halogens is 1. The van der Waals surface area contributed by atoms with Gasteiger partial charge in [-0.15, -0.1) is 0 Å². The van der Waals surface area contributed by atoms with Crippen LogP contribution in [-0.2, 0) is 16.0 Å². The maximum Gasteiger partial charge on any atom is 0.255 e. The molecule has 0 aliphatic heterocycles. The van der Waals surface area contributed by atoms with E-state index in [9.17, 15) is 4.79 Å². The average molecular weight is 247 g/mol. The second-order valence-corrected chi connectivity index (χ2v) is 3.61. The molecule has 6 heteroatoms. The summed E-state index contributed by atoms with van der Waals surface area (Å²) in [6, 6.07) is 1.30. The Balaban J connectivity index is 2.51. The Hall–Kier alpha value is -0.910. The first-order valence-electron chi connectivity index (χ1n) is 4.96. The molecule has 90 valence electrons. The molecule has 0 saturated carbocycles. The molecule has 16 heavy (non-hydrogen) atoms. The van der Waals surface area contributed by atoms with E-state index in [-0.39, 0.29) is 10.7 Å². The van der Waals surface area contributed by atoms with Gasteiger partial charge in [-0.05, 0) is 6.92 Å². The largest absolute Gasteiger partial charge is 0.382 e. The van der Waals surface area contributed by atoms with Crippen LogP contribution < -0.4 is 5.56 Å². The summed E-state index contributed by atoms with van der Waals surface area (Å²) < 4.78 is 11.6. The Labute approximate surface area is 99.0 Å². The quantitative estimate of drug-likeness (QED) is 0.552. The van der Waals surface area contributed by atoms with Crippen LogP contribution in [-0.4, -0.2) is 36.5 Å². The van der Waals surface area contributed by atoms with Crippen molar-refractivity contribution >= 4 is 11.6 Å². The molecule has 0 bridgehead atoms. The van der Waals surface area contributed by atoms with Gasteiger partial charge in [0, 0.05) is 13.2 Å². The van der Waals surface area contributed by atoms with Crippen LogP contribution in [0.3, 0.4) is 0 Å². The highest BCUT2D eigenvalue weighted by Gasteiger charge is 2.03. The molecule has 0 amide bonds. The predicted molar refractivity (Wildman–Crippen MR) is 60.9 cm³/mol. The van der Waals surface area contributed by atoms with Gasteiger partial charge in [0.15, 0.2) is 0 Å². The first-order valence-corrected chi connectivity index (χ1v) is 5.33. The highest BCUT2D eigenvalue weighted by molar-refractivity contribution is 6.29. The normalized spacial score (nSPS) is 10.7. The molecule has 0 atom stereocenters. The summed E-state index contributed by atoms with van der Waals surface area (Å²) in [6.45, 7) is 3.73. The minimum Gasteiger partial charge on any atom is -0.382 e. The van der Waals surface area contributed by atoms with Crippen molar-refractivity contribution in [3.8, 4) is 0 Å². The number of methoxy groups -OCH3 is 1. The summed E-state index contributed by atoms with van der Waals surface area (Å²) in [5.41, 5.74) is -0.159. The Kier molecular flexibility index (Phi) is 5.45. The van der Waals surface area contributed by atoms with Gasteiger partial charge in [-0.25, -0.2) is 4.98 Å². The fourth-order valence-corrected chi connectivity index (χ4v) is 1.47. The number of hydrogen-bond donors (Lipinski definition) is 0. The zero-order valence-corrected chi connectivity index (χ0v) is 10.2. The maximum atomic E-state index is 11.5. The topological polar surface area (TPSA) is 53.4 Å². The lowest BCUT2D eigenvalue weighted by molar-refractivity contribution is 0.0659. The number of aryl methyl sites for hydroxylation is 1. The molecule has 0 unspecified atom stereocenters. The summed E-state index contributed by atoms with van der Waals surface area (Å²) in [5, 5.41) is 0.221. The Bertz CT molecular complexity index is 392. The number of nitrogens with zero attached hydrogens (tertiary/aromatic N) is 2. The number of aromatic nitrogens is 2. The van der Waals surface area contributed by atoms with E-state index in [4.69, 9.17) is 21.1 Å². The van der Waals surface area contributed by atoms with Crippen molar-refractivity contribution in [1.82, 2.24) is 9.55 Å². The van der Waals surface area contributed by atoms with Crippen LogP contribution in [0.2, 0.25) is 5.15 Å². The molecular weight excluding hydrogens is 232 g/mol. The van der Waals surface area contributed by atoms with Gasteiger partial charge in [0.05, 0.1) is 26.4 Å². The van der Waals surface area contributed by atoms with Crippen LogP contribution in [0.15, 0.2) is 10.9 Å². The third kappa shape index (κ3) is 3.92. The van der Waals surface area contributed by atoms with Gasteiger partial charge in [-0.3, -0.25) is 9.36 Å². The van der Waals surface area contributed by atoms with Crippen LogP contribution in [0.5, 0.6) is 0 Å². The number of hydrogen-bond acceptors (Lipinski definition) is 4. The van der Waals surface area contributed by atoms with E-state index in [1.807, 2.05) is 0 Å². The van der Waals surface area contributed by atoms with Crippen LogP contribution in [0.25, 0.3) is 0 Å². The second kappa shape index (κ2) is 6.62. The van der Waals surface area contributed by atoms with Crippen molar-refractivity contribution in [2.75, 3.05) is 26.9 Å². The zero-order valence-electron chi connectivity index (χ0n) is 9.40. The molecule has 0 spiro atoms.